The molecule has 2 heterocycles. The van der Waals surface area contributed by atoms with Crippen LogP contribution in [-0.2, 0) is 0 Å². The van der Waals surface area contributed by atoms with E-state index in [9.17, 15) is 0 Å². The van der Waals surface area contributed by atoms with Crippen molar-refractivity contribution in [3.8, 4) is 11.6 Å². The van der Waals surface area contributed by atoms with E-state index in [0.29, 0.717) is 5.88 Å². The lowest BCUT2D eigenvalue weighted by atomic mass is 10.2. The van der Waals surface area contributed by atoms with Crippen LogP contribution < -0.4 is 4.74 Å². The van der Waals surface area contributed by atoms with E-state index < -0.39 is 0 Å². The van der Waals surface area contributed by atoms with Gasteiger partial charge in [0.25, 0.3) is 0 Å². The average molecular weight is 210 g/mol. The molecule has 0 amide bonds. The molecular formula is C13H10N2O. The largest absolute Gasteiger partial charge is 0.438 e. The van der Waals surface area contributed by atoms with Crippen molar-refractivity contribution in [3.63, 3.8) is 0 Å². The molecule has 78 valence electrons. The summed E-state index contributed by atoms with van der Waals surface area (Å²) in [5.74, 6) is 1.42. The Hall–Kier alpha value is -2.29. The SMILES string of the molecule is c1ccc(Oc2cccc3[nH]ccc23)nc1. The zero-order chi connectivity index (χ0) is 10.8. The third kappa shape index (κ3) is 1.52. The lowest BCUT2D eigenvalue weighted by molar-refractivity contribution is 0.468. The minimum atomic E-state index is 0.608. The van der Waals surface area contributed by atoms with Crippen molar-refractivity contribution in [1.29, 1.82) is 0 Å². The predicted molar refractivity (Wildman–Crippen MR) is 62.6 cm³/mol. The molecule has 3 nitrogen and oxygen atoms in total. The maximum absolute atomic E-state index is 5.72. The van der Waals surface area contributed by atoms with Gasteiger partial charge in [0, 0.05) is 29.4 Å². The van der Waals surface area contributed by atoms with Gasteiger partial charge in [0.1, 0.15) is 5.75 Å². The van der Waals surface area contributed by atoms with E-state index in [1.807, 2.05) is 48.7 Å². The van der Waals surface area contributed by atoms with Crippen molar-refractivity contribution < 1.29 is 4.74 Å². The number of aromatic amines is 1. The predicted octanol–water partition coefficient (Wildman–Crippen LogP) is 3.36. The van der Waals surface area contributed by atoms with E-state index in [0.717, 1.165) is 16.7 Å². The molecule has 3 aromatic rings. The Morgan fingerprint density at radius 3 is 2.88 bits per heavy atom. The van der Waals surface area contributed by atoms with Crippen molar-refractivity contribution in [2.45, 2.75) is 0 Å². The van der Waals surface area contributed by atoms with Crippen LogP contribution in [0.1, 0.15) is 0 Å². The summed E-state index contributed by atoms with van der Waals surface area (Å²) >= 11 is 0. The first-order valence-electron chi connectivity index (χ1n) is 5.08. The molecule has 0 aliphatic rings. The highest BCUT2D eigenvalue weighted by Crippen LogP contribution is 2.27. The second-order valence-electron chi connectivity index (χ2n) is 3.47. The molecule has 0 spiro atoms. The van der Waals surface area contributed by atoms with Crippen LogP contribution >= 0.6 is 0 Å². The van der Waals surface area contributed by atoms with Gasteiger partial charge in [0.05, 0.1) is 0 Å². The number of hydrogen-bond donors (Lipinski definition) is 1. The van der Waals surface area contributed by atoms with Gasteiger partial charge in [-0.1, -0.05) is 12.1 Å². The Balaban J connectivity index is 2.04. The Labute approximate surface area is 92.7 Å². The molecule has 1 N–H and O–H groups in total. The van der Waals surface area contributed by atoms with E-state index in [1.54, 1.807) is 6.20 Å². The monoisotopic (exact) mass is 210 g/mol. The summed E-state index contributed by atoms with van der Waals surface area (Å²) in [4.78, 5) is 7.28. The van der Waals surface area contributed by atoms with Crippen LogP contribution in [0, 0.1) is 0 Å². The highest BCUT2D eigenvalue weighted by Gasteiger charge is 2.03. The third-order valence-corrected chi connectivity index (χ3v) is 2.41. The van der Waals surface area contributed by atoms with Crippen LogP contribution in [0.5, 0.6) is 11.6 Å². The van der Waals surface area contributed by atoms with Gasteiger partial charge >= 0.3 is 0 Å². The first-order chi connectivity index (χ1) is 7.93. The number of aromatic nitrogens is 2. The molecule has 0 aliphatic carbocycles. The number of pyridine rings is 1. The molecule has 0 atom stereocenters. The molecule has 16 heavy (non-hydrogen) atoms. The number of nitrogens with one attached hydrogen (secondary N) is 1. The molecule has 1 aromatic carbocycles. The van der Waals surface area contributed by atoms with Crippen molar-refractivity contribution in [1.82, 2.24) is 9.97 Å². The molecule has 0 radical (unpaired) electrons. The fourth-order valence-corrected chi connectivity index (χ4v) is 1.67. The lowest BCUT2D eigenvalue weighted by Gasteiger charge is -2.05. The molecular weight excluding hydrogens is 200 g/mol. The van der Waals surface area contributed by atoms with Gasteiger partial charge in [-0.3, -0.25) is 0 Å². The summed E-state index contributed by atoms with van der Waals surface area (Å²) in [5, 5.41) is 1.06. The standard InChI is InChI=1S/C13H10N2O/c1-2-8-15-13(6-1)16-12-5-3-4-11-10(12)7-9-14-11/h1-9,14H. The second kappa shape index (κ2) is 3.70. The molecule has 3 rings (SSSR count). The summed E-state index contributed by atoms with van der Waals surface area (Å²) in [6.07, 6.45) is 3.61. The number of fused-ring (bicyclic) bond motifs is 1. The molecule has 0 unspecified atom stereocenters. The summed E-state index contributed by atoms with van der Waals surface area (Å²) in [7, 11) is 0. The van der Waals surface area contributed by atoms with E-state index >= 15 is 0 Å². The van der Waals surface area contributed by atoms with E-state index in [-0.39, 0.29) is 0 Å². The minimum absolute atomic E-state index is 0.608. The highest BCUT2D eigenvalue weighted by atomic mass is 16.5. The number of benzene rings is 1. The summed E-state index contributed by atoms with van der Waals surface area (Å²) < 4.78 is 5.72. The van der Waals surface area contributed by atoms with Gasteiger partial charge in [0.15, 0.2) is 0 Å². The number of nitrogens with zero attached hydrogens (tertiary/aromatic N) is 1. The van der Waals surface area contributed by atoms with Crippen molar-refractivity contribution in [3.05, 3.63) is 54.9 Å². The Morgan fingerprint density at radius 2 is 2.00 bits per heavy atom. The fraction of sp³-hybridized carbons (Fsp3) is 0. The van der Waals surface area contributed by atoms with Crippen LogP contribution in [0.15, 0.2) is 54.9 Å². The van der Waals surface area contributed by atoms with Crippen LogP contribution in [0.4, 0.5) is 0 Å². The maximum Gasteiger partial charge on any atom is 0.219 e. The molecule has 2 aromatic heterocycles. The van der Waals surface area contributed by atoms with Gasteiger partial charge in [-0.2, -0.15) is 0 Å². The smallest absolute Gasteiger partial charge is 0.219 e. The van der Waals surface area contributed by atoms with E-state index in [1.165, 1.54) is 0 Å². The van der Waals surface area contributed by atoms with Crippen molar-refractivity contribution in [2.75, 3.05) is 0 Å². The number of ether oxygens (including phenoxy) is 1. The Kier molecular flexibility index (Phi) is 2.07. The minimum Gasteiger partial charge on any atom is -0.438 e. The van der Waals surface area contributed by atoms with Crippen molar-refractivity contribution >= 4 is 10.9 Å². The second-order valence-corrected chi connectivity index (χ2v) is 3.47. The number of H-pyrrole nitrogens is 1. The third-order valence-electron chi connectivity index (χ3n) is 2.41. The molecule has 0 fully saturated rings. The molecule has 0 saturated heterocycles. The zero-order valence-electron chi connectivity index (χ0n) is 8.55. The summed E-state index contributed by atoms with van der Waals surface area (Å²) in [6, 6.07) is 13.5. The van der Waals surface area contributed by atoms with Gasteiger partial charge < -0.3 is 9.72 Å². The normalized spacial score (nSPS) is 10.5. The quantitative estimate of drug-likeness (QED) is 0.704. The van der Waals surface area contributed by atoms with Gasteiger partial charge in [-0.05, 0) is 24.3 Å². The first-order valence-corrected chi connectivity index (χ1v) is 5.08. The van der Waals surface area contributed by atoms with Crippen LogP contribution in [-0.4, -0.2) is 9.97 Å². The number of hydrogen-bond acceptors (Lipinski definition) is 2. The molecule has 0 bridgehead atoms. The van der Waals surface area contributed by atoms with Crippen LogP contribution in [0.3, 0.4) is 0 Å². The fourth-order valence-electron chi connectivity index (χ4n) is 1.67. The topological polar surface area (TPSA) is 37.9 Å². The zero-order valence-corrected chi connectivity index (χ0v) is 8.55. The Bertz CT molecular complexity index is 601. The molecule has 0 saturated carbocycles. The molecule has 3 heteroatoms. The van der Waals surface area contributed by atoms with Gasteiger partial charge in [-0.15, -0.1) is 0 Å². The lowest BCUT2D eigenvalue weighted by Crippen LogP contribution is -1.86. The van der Waals surface area contributed by atoms with Crippen molar-refractivity contribution in [2.24, 2.45) is 0 Å². The summed E-state index contributed by atoms with van der Waals surface area (Å²) in [6.45, 7) is 0. The van der Waals surface area contributed by atoms with E-state index in [4.69, 9.17) is 4.74 Å². The van der Waals surface area contributed by atoms with E-state index in [2.05, 4.69) is 9.97 Å². The van der Waals surface area contributed by atoms with Gasteiger partial charge in [0.2, 0.25) is 5.88 Å². The first kappa shape index (κ1) is 8.97. The number of rotatable bonds is 2. The van der Waals surface area contributed by atoms with Crippen LogP contribution in [0.2, 0.25) is 0 Å². The highest BCUT2D eigenvalue weighted by molar-refractivity contribution is 5.85. The maximum atomic E-state index is 5.72. The Morgan fingerprint density at radius 1 is 1.00 bits per heavy atom. The summed E-state index contributed by atoms with van der Waals surface area (Å²) in [5.41, 5.74) is 1.06. The van der Waals surface area contributed by atoms with Gasteiger partial charge in [-0.25, -0.2) is 4.98 Å². The molecule has 0 aliphatic heterocycles. The average Bonchev–Trinajstić information content (AvgIpc) is 2.80. The van der Waals surface area contributed by atoms with Crippen LogP contribution in [0.25, 0.3) is 10.9 Å².